The van der Waals surface area contributed by atoms with E-state index >= 15 is 0 Å². The van der Waals surface area contributed by atoms with Gasteiger partial charge in [0.05, 0.1) is 0 Å². The topological polar surface area (TPSA) is 17.1 Å². The van der Waals surface area contributed by atoms with Gasteiger partial charge >= 0.3 is 0 Å². The Labute approximate surface area is 87.3 Å². The Hall–Kier alpha value is -0.330. The predicted octanol–water partition coefficient (Wildman–Crippen LogP) is 3.57. The zero-order valence-electron chi connectivity index (χ0n) is 9.08. The van der Waals surface area contributed by atoms with Gasteiger partial charge in [0, 0.05) is 6.42 Å². The highest BCUT2D eigenvalue weighted by molar-refractivity contribution is 5.49. The highest BCUT2D eigenvalue weighted by Gasteiger charge is 2.32. The zero-order valence-corrected chi connectivity index (χ0v) is 9.08. The van der Waals surface area contributed by atoms with Gasteiger partial charge in [0.1, 0.15) is 6.29 Å². The third-order valence-electron chi connectivity index (χ3n) is 4.38. The molecule has 0 aliphatic heterocycles. The summed E-state index contributed by atoms with van der Waals surface area (Å²) in [6.07, 6.45) is 13.2. The number of rotatable bonds is 4. The molecule has 0 aromatic rings. The van der Waals surface area contributed by atoms with Crippen LogP contribution in [0.2, 0.25) is 0 Å². The molecule has 0 heterocycles. The van der Waals surface area contributed by atoms with Gasteiger partial charge in [-0.1, -0.05) is 51.4 Å². The van der Waals surface area contributed by atoms with E-state index in [4.69, 9.17) is 0 Å². The Morgan fingerprint density at radius 1 is 0.929 bits per heavy atom. The van der Waals surface area contributed by atoms with Gasteiger partial charge in [0.15, 0.2) is 0 Å². The van der Waals surface area contributed by atoms with Crippen molar-refractivity contribution in [2.45, 2.75) is 57.8 Å². The molecule has 2 saturated carbocycles. The van der Waals surface area contributed by atoms with Crippen LogP contribution in [-0.2, 0) is 4.79 Å². The lowest BCUT2D eigenvalue weighted by Gasteiger charge is -2.27. The van der Waals surface area contributed by atoms with Crippen molar-refractivity contribution in [1.29, 1.82) is 0 Å². The minimum atomic E-state index is 0.748. The van der Waals surface area contributed by atoms with Crippen molar-refractivity contribution >= 4 is 6.29 Å². The van der Waals surface area contributed by atoms with Crippen LogP contribution < -0.4 is 0 Å². The van der Waals surface area contributed by atoms with Crippen LogP contribution in [0, 0.1) is 17.8 Å². The lowest BCUT2D eigenvalue weighted by Crippen LogP contribution is -2.20. The summed E-state index contributed by atoms with van der Waals surface area (Å²) in [4.78, 5) is 10.7. The normalized spacial score (nSPS) is 24.9. The molecule has 1 heteroatoms. The Morgan fingerprint density at radius 3 is 1.71 bits per heavy atom. The SMILES string of the molecule is O=CCC(C1CCCC1)C1CCCC1. The molecule has 0 radical (unpaired) electrons. The summed E-state index contributed by atoms with van der Waals surface area (Å²) in [7, 11) is 0. The summed E-state index contributed by atoms with van der Waals surface area (Å²) in [5.41, 5.74) is 0. The largest absolute Gasteiger partial charge is 0.303 e. The van der Waals surface area contributed by atoms with Gasteiger partial charge < -0.3 is 4.79 Å². The van der Waals surface area contributed by atoms with Crippen molar-refractivity contribution in [2.24, 2.45) is 17.8 Å². The Balaban J connectivity index is 1.94. The average molecular weight is 194 g/mol. The van der Waals surface area contributed by atoms with E-state index in [0.29, 0.717) is 0 Å². The molecule has 0 atom stereocenters. The van der Waals surface area contributed by atoms with Crippen LogP contribution in [-0.4, -0.2) is 6.29 Å². The van der Waals surface area contributed by atoms with E-state index in [0.717, 1.165) is 24.2 Å². The summed E-state index contributed by atoms with van der Waals surface area (Å²) < 4.78 is 0. The molecule has 0 bridgehead atoms. The molecule has 2 fully saturated rings. The summed E-state index contributed by atoms with van der Waals surface area (Å²) in [6, 6.07) is 0. The molecule has 0 N–H and O–H groups in total. The zero-order chi connectivity index (χ0) is 9.80. The minimum absolute atomic E-state index is 0.748. The summed E-state index contributed by atoms with van der Waals surface area (Å²) in [5, 5.41) is 0. The quantitative estimate of drug-likeness (QED) is 0.625. The van der Waals surface area contributed by atoms with Gasteiger partial charge in [-0.25, -0.2) is 0 Å². The summed E-state index contributed by atoms with van der Waals surface area (Å²) in [6.45, 7) is 0. The lowest BCUT2D eigenvalue weighted by atomic mass is 9.78. The Kier molecular flexibility index (Phi) is 3.61. The van der Waals surface area contributed by atoms with Gasteiger partial charge in [0.2, 0.25) is 0 Å². The van der Waals surface area contributed by atoms with E-state index < -0.39 is 0 Å². The first-order valence-electron chi connectivity index (χ1n) is 6.35. The van der Waals surface area contributed by atoms with Crippen LogP contribution in [0.25, 0.3) is 0 Å². The molecular weight excluding hydrogens is 172 g/mol. The van der Waals surface area contributed by atoms with E-state index in [9.17, 15) is 4.79 Å². The maximum absolute atomic E-state index is 10.7. The van der Waals surface area contributed by atoms with Crippen LogP contribution >= 0.6 is 0 Å². The minimum Gasteiger partial charge on any atom is -0.303 e. The molecule has 2 aliphatic rings. The van der Waals surface area contributed by atoms with Crippen LogP contribution in [0.4, 0.5) is 0 Å². The highest BCUT2D eigenvalue weighted by Crippen LogP contribution is 2.42. The standard InChI is InChI=1S/C13H22O/c14-10-9-13(11-5-1-2-6-11)12-7-3-4-8-12/h10-13H,1-9H2. The van der Waals surface area contributed by atoms with E-state index in [1.165, 1.54) is 57.7 Å². The molecule has 1 nitrogen and oxygen atoms in total. The van der Waals surface area contributed by atoms with Crippen molar-refractivity contribution in [2.75, 3.05) is 0 Å². The third kappa shape index (κ3) is 2.18. The second-order valence-electron chi connectivity index (χ2n) is 5.16. The van der Waals surface area contributed by atoms with Crippen LogP contribution in [0.1, 0.15) is 57.8 Å². The van der Waals surface area contributed by atoms with Crippen molar-refractivity contribution in [3.8, 4) is 0 Å². The van der Waals surface area contributed by atoms with Gasteiger partial charge in [0.25, 0.3) is 0 Å². The monoisotopic (exact) mass is 194 g/mol. The van der Waals surface area contributed by atoms with Crippen molar-refractivity contribution in [1.82, 2.24) is 0 Å². The van der Waals surface area contributed by atoms with Gasteiger partial charge in [-0.3, -0.25) is 0 Å². The van der Waals surface area contributed by atoms with Crippen molar-refractivity contribution in [3.05, 3.63) is 0 Å². The number of carbonyl (C=O) groups is 1. The molecule has 0 spiro atoms. The Bertz CT molecular complexity index is 160. The average Bonchev–Trinajstić information content (AvgIpc) is 2.87. The summed E-state index contributed by atoms with van der Waals surface area (Å²) in [5.74, 6) is 2.53. The molecule has 0 amide bonds. The second-order valence-corrected chi connectivity index (χ2v) is 5.16. The molecule has 0 saturated heterocycles. The second kappa shape index (κ2) is 4.95. The number of aldehydes is 1. The van der Waals surface area contributed by atoms with E-state index in [1.54, 1.807) is 0 Å². The van der Waals surface area contributed by atoms with E-state index in [-0.39, 0.29) is 0 Å². The summed E-state index contributed by atoms with van der Waals surface area (Å²) >= 11 is 0. The fraction of sp³-hybridized carbons (Fsp3) is 0.923. The number of hydrogen-bond acceptors (Lipinski definition) is 1. The van der Waals surface area contributed by atoms with Crippen LogP contribution in [0.3, 0.4) is 0 Å². The molecule has 80 valence electrons. The third-order valence-corrected chi connectivity index (χ3v) is 4.38. The Morgan fingerprint density at radius 2 is 1.36 bits per heavy atom. The number of hydrogen-bond donors (Lipinski definition) is 0. The first-order valence-corrected chi connectivity index (χ1v) is 6.35. The molecule has 0 unspecified atom stereocenters. The first kappa shape index (κ1) is 10.2. The van der Waals surface area contributed by atoms with Crippen molar-refractivity contribution in [3.63, 3.8) is 0 Å². The lowest BCUT2D eigenvalue weighted by molar-refractivity contribution is -0.109. The smallest absolute Gasteiger partial charge is 0.120 e. The predicted molar refractivity (Wildman–Crippen MR) is 58.1 cm³/mol. The van der Waals surface area contributed by atoms with Gasteiger partial charge in [-0.15, -0.1) is 0 Å². The van der Waals surface area contributed by atoms with Crippen LogP contribution in [0.5, 0.6) is 0 Å². The van der Waals surface area contributed by atoms with Gasteiger partial charge in [-0.05, 0) is 17.8 Å². The maximum atomic E-state index is 10.7. The molecule has 2 aliphatic carbocycles. The molecule has 2 rings (SSSR count). The molecule has 0 aromatic carbocycles. The highest BCUT2D eigenvalue weighted by atomic mass is 16.1. The molecule has 14 heavy (non-hydrogen) atoms. The van der Waals surface area contributed by atoms with Crippen molar-refractivity contribution < 1.29 is 4.79 Å². The molecule has 0 aromatic heterocycles. The fourth-order valence-corrected chi connectivity index (χ4v) is 3.65. The first-order chi connectivity index (χ1) is 6.92. The van der Waals surface area contributed by atoms with E-state index in [1.807, 2.05) is 0 Å². The number of carbonyl (C=O) groups excluding carboxylic acids is 1. The van der Waals surface area contributed by atoms with Gasteiger partial charge in [-0.2, -0.15) is 0 Å². The fourth-order valence-electron chi connectivity index (χ4n) is 3.65. The van der Waals surface area contributed by atoms with Crippen LogP contribution in [0.15, 0.2) is 0 Å². The maximum Gasteiger partial charge on any atom is 0.120 e. The van der Waals surface area contributed by atoms with E-state index in [2.05, 4.69) is 0 Å². The molecular formula is C13H22O.